The van der Waals surface area contributed by atoms with Crippen molar-refractivity contribution in [2.45, 2.75) is 39.4 Å². The first-order valence-electron chi connectivity index (χ1n) is 6.33. The van der Waals surface area contributed by atoms with E-state index in [1.165, 1.54) is 10.9 Å². The van der Waals surface area contributed by atoms with Gasteiger partial charge in [0.15, 0.2) is 5.69 Å². The molecule has 1 aromatic carbocycles. The Kier molecular flexibility index (Phi) is 3.40. The predicted octanol–water partition coefficient (Wildman–Crippen LogP) is 4.63. The van der Waals surface area contributed by atoms with Gasteiger partial charge in [-0.2, -0.15) is 13.2 Å². The molecule has 2 nitrogen and oxygen atoms in total. The van der Waals surface area contributed by atoms with Crippen LogP contribution in [-0.4, -0.2) is 9.55 Å². The van der Waals surface area contributed by atoms with Gasteiger partial charge in [0.2, 0.25) is 0 Å². The van der Waals surface area contributed by atoms with E-state index in [0.717, 1.165) is 5.56 Å². The average molecular weight is 282 g/mol. The van der Waals surface area contributed by atoms with Crippen LogP contribution in [0.5, 0.6) is 0 Å². The maximum Gasteiger partial charge on any atom is 0.433 e. The molecule has 0 bridgehead atoms. The van der Waals surface area contributed by atoms with E-state index in [1.54, 1.807) is 45.0 Å². The molecule has 1 heterocycles. The van der Waals surface area contributed by atoms with Crippen molar-refractivity contribution < 1.29 is 13.2 Å². The summed E-state index contributed by atoms with van der Waals surface area (Å²) in [5.41, 5.74) is 0.0747. The van der Waals surface area contributed by atoms with E-state index in [4.69, 9.17) is 0 Å². The van der Waals surface area contributed by atoms with Crippen molar-refractivity contribution in [1.82, 2.24) is 9.55 Å². The molecule has 0 saturated heterocycles. The molecule has 0 aliphatic carbocycles. The number of aryl methyl sites for hydroxylation is 1. The van der Waals surface area contributed by atoms with E-state index in [1.807, 2.05) is 6.92 Å². The van der Waals surface area contributed by atoms with E-state index >= 15 is 0 Å². The first-order chi connectivity index (χ1) is 9.10. The molecule has 108 valence electrons. The number of halogens is 3. The molecule has 20 heavy (non-hydrogen) atoms. The fourth-order valence-corrected chi connectivity index (χ4v) is 2.05. The summed E-state index contributed by atoms with van der Waals surface area (Å²) >= 11 is 0. The van der Waals surface area contributed by atoms with Crippen molar-refractivity contribution in [3.63, 3.8) is 0 Å². The Hall–Kier alpha value is -1.78. The molecule has 0 unspecified atom stereocenters. The van der Waals surface area contributed by atoms with Crippen molar-refractivity contribution in [1.29, 1.82) is 0 Å². The summed E-state index contributed by atoms with van der Waals surface area (Å²) in [6, 6.07) is 6.90. The summed E-state index contributed by atoms with van der Waals surface area (Å²) < 4.78 is 41.3. The second kappa shape index (κ2) is 4.65. The highest BCUT2D eigenvalue weighted by molar-refractivity contribution is 5.63. The second-order valence-electron chi connectivity index (χ2n) is 5.85. The van der Waals surface area contributed by atoms with Gasteiger partial charge in [-0.3, -0.25) is 0 Å². The average Bonchev–Trinajstić information content (AvgIpc) is 2.73. The highest BCUT2D eigenvalue weighted by Gasteiger charge is 2.40. The third kappa shape index (κ3) is 2.71. The Morgan fingerprint density at radius 1 is 1.00 bits per heavy atom. The Labute approximate surface area is 116 Å². The number of rotatable bonds is 1. The van der Waals surface area contributed by atoms with Crippen LogP contribution in [0.15, 0.2) is 30.6 Å². The minimum atomic E-state index is -4.44. The molecule has 0 radical (unpaired) electrons. The zero-order chi connectivity index (χ0) is 15.1. The van der Waals surface area contributed by atoms with Crippen LogP contribution in [0, 0.1) is 6.92 Å². The third-order valence-corrected chi connectivity index (χ3v) is 3.08. The van der Waals surface area contributed by atoms with Crippen LogP contribution in [0.3, 0.4) is 0 Å². The summed E-state index contributed by atoms with van der Waals surface area (Å²) in [6.45, 7) is 7.07. The summed E-state index contributed by atoms with van der Waals surface area (Å²) in [6.07, 6.45) is -3.18. The van der Waals surface area contributed by atoms with Crippen molar-refractivity contribution in [2.24, 2.45) is 0 Å². The van der Waals surface area contributed by atoms with Gasteiger partial charge in [0, 0.05) is 11.1 Å². The molecule has 2 rings (SSSR count). The van der Waals surface area contributed by atoms with Crippen LogP contribution in [0.1, 0.15) is 32.0 Å². The third-order valence-electron chi connectivity index (χ3n) is 3.08. The molecule has 0 saturated carbocycles. The summed E-state index contributed by atoms with van der Waals surface area (Å²) in [7, 11) is 0. The molecule has 2 aromatic rings. The first kappa shape index (κ1) is 14.6. The van der Waals surface area contributed by atoms with Crippen molar-refractivity contribution >= 4 is 0 Å². The van der Waals surface area contributed by atoms with Crippen LogP contribution in [0.25, 0.3) is 11.3 Å². The Bertz CT molecular complexity index is 602. The normalized spacial score (nSPS) is 12.8. The topological polar surface area (TPSA) is 17.8 Å². The Morgan fingerprint density at radius 3 is 2.00 bits per heavy atom. The second-order valence-corrected chi connectivity index (χ2v) is 5.85. The van der Waals surface area contributed by atoms with Crippen LogP contribution >= 0.6 is 0 Å². The number of benzene rings is 1. The number of hydrogen-bond acceptors (Lipinski definition) is 1. The van der Waals surface area contributed by atoms with Gasteiger partial charge in [-0.1, -0.05) is 29.8 Å². The molecule has 0 fully saturated rings. The van der Waals surface area contributed by atoms with Gasteiger partial charge in [-0.05, 0) is 27.7 Å². The maximum atomic E-state index is 13.4. The summed E-state index contributed by atoms with van der Waals surface area (Å²) in [5.74, 6) is 0. The highest BCUT2D eigenvalue weighted by Crippen LogP contribution is 2.38. The maximum absolute atomic E-state index is 13.4. The standard InChI is InChI=1S/C15H17F3N2/c1-10-5-7-11(8-6-10)12-13(15(16,17)18)20(9-19-12)14(2,3)4/h5-9H,1-4H3. The Morgan fingerprint density at radius 2 is 1.55 bits per heavy atom. The zero-order valence-corrected chi connectivity index (χ0v) is 11.9. The van der Waals surface area contributed by atoms with Crippen LogP contribution in [0.2, 0.25) is 0 Å². The fourth-order valence-electron chi connectivity index (χ4n) is 2.05. The minimum absolute atomic E-state index is 0.0209. The van der Waals surface area contributed by atoms with Gasteiger partial charge in [0.25, 0.3) is 0 Å². The summed E-state index contributed by atoms with van der Waals surface area (Å²) in [5, 5.41) is 0. The number of imidazole rings is 1. The molecule has 0 amide bonds. The van der Waals surface area contributed by atoms with Gasteiger partial charge in [-0.15, -0.1) is 0 Å². The largest absolute Gasteiger partial charge is 0.433 e. The highest BCUT2D eigenvalue weighted by atomic mass is 19.4. The number of aromatic nitrogens is 2. The van der Waals surface area contributed by atoms with Crippen molar-refractivity contribution in [2.75, 3.05) is 0 Å². The van der Waals surface area contributed by atoms with Gasteiger partial charge in [0.1, 0.15) is 5.69 Å². The van der Waals surface area contributed by atoms with Gasteiger partial charge < -0.3 is 4.57 Å². The van der Waals surface area contributed by atoms with E-state index in [0.29, 0.717) is 5.56 Å². The molecule has 0 atom stereocenters. The van der Waals surface area contributed by atoms with Gasteiger partial charge in [-0.25, -0.2) is 4.98 Å². The molecule has 0 aliphatic rings. The van der Waals surface area contributed by atoms with E-state index < -0.39 is 17.4 Å². The SMILES string of the molecule is Cc1ccc(-c2ncn(C(C)(C)C)c2C(F)(F)F)cc1. The molecule has 0 spiro atoms. The Balaban J connectivity index is 2.66. The summed E-state index contributed by atoms with van der Waals surface area (Å²) in [4.78, 5) is 3.99. The van der Waals surface area contributed by atoms with Gasteiger partial charge in [0.05, 0.1) is 6.33 Å². The number of hydrogen-bond donors (Lipinski definition) is 0. The lowest BCUT2D eigenvalue weighted by Gasteiger charge is -2.25. The van der Waals surface area contributed by atoms with Crippen molar-refractivity contribution in [3.05, 3.63) is 41.9 Å². The van der Waals surface area contributed by atoms with Crippen molar-refractivity contribution in [3.8, 4) is 11.3 Å². The molecular formula is C15H17F3N2. The molecule has 0 N–H and O–H groups in total. The lowest BCUT2D eigenvalue weighted by atomic mass is 10.1. The number of alkyl halides is 3. The van der Waals surface area contributed by atoms with Crippen LogP contribution in [-0.2, 0) is 11.7 Å². The zero-order valence-electron chi connectivity index (χ0n) is 11.9. The monoisotopic (exact) mass is 282 g/mol. The first-order valence-corrected chi connectivity index (χ1v) is 6.33. The lowest BCUT2D eigenvalue weighted by molar-refractivity contribution is -0.144. The molecular weight excluding hydrogens is 265 g/mol. The smallest absolute Gasteiger partial charge is 0.321 e. The molecule has 0 aliphatic heterocycles. The van der Waals surface area contributed by atoms with E-state index in [2.05, 4.69) is 4.98 Å². The minimum Gasteiger partial charge on any atom is -0.321 e. The van der Waals surface area contributed by atoms with E-state index in [-0.39, 0.29) is 5.69 Å². The van der Waals surface area contributed by atoms with Gasteiger partial charge >= 0.3 is 6.18 Å². The molecule has 5 heteroatoms. The number of nitrogens with zero attached hydrogens (tertiary/aromatic N) is 2. The quantitative estimate of drug-likeness (QED) is 0.745. The fraction of sp³-hybridized carbons (Fsp3) is 0.400. The van der Waals surface area contributed by atoms with E-state index in [9.17, 15) is 13.2 Å². The predicted molar refractivity (Wildman–Crippen MR) is 72.4 cm³/mol. The van der Waals surface area contributed by atoms with Crippen LogP contribution < -0.4 is 0 Å². The lowest BCUT2D eigenvalue weighted by Crippen LogP contribution is -2.27. The molecule has 1 aromatic heterocycles. The van der Waals surface area contributed by atoms with Crippen LogP contribution in [0.4, 0.5) is 13.2 Å².